The molecule has 4 nitrogen and oxygen atoms in total. The van der Waals surface area contributed by atoms with Crippen LogP contribution in [-0.2, 0) is 13.0 Å². The lowest BCUT2D eigenvalue weighted by molar-refractivity contribution is 0.191. The average Bonchev–Trinajstić information content (AvgIpc) is 3.30. The summed E-state index contributed by atoms with van der Waals surface area (Å²) in [5.41, 5.74) is 1.94. The molecule has 0 aliphatic carbocycles. The van der Waals surface area contributed by atoms with E-state index in [-0.39, 0.29) is 6.03 Å². The molecule has 7 heteroatoms. The number of thiophene rings is 1. The number of anilines is 1. The van der Waals surface area contributed by atoms with Crippen molar-refractivity contribution in [1.29, 1.82) is 0 Å². The second-order valence-electron chi connectivity index (χ2n) is 6.93. The SMILES string of the molecule is O=C(NCC1CCN(c2ccc(F)c(F)c2)C1)N1CCc2sccc2C1. The third-order valence-corrected chi connectivity index (χ3v) is 6.21. The summed E-state index contributed by atoms with van der Waals surface area (Å²) in [6, 6.07) is 6.08. The van der Waals surface area contributed by atoms with Crippen LogP contribution in [0.25, 0.3) is 0 Å². The highest BCUT2D eigenvalue weighted by Gasteiger charge is 2.26. The van der Waals surface area contributed by atoms with Gasteiger partial charge in [0.25, 0.3) is 0 Å². The van der Waals surface area contributed by atoms with Gasteiger partial charge < -0.3 is 15.1 Å². The largest absolute Gasteiger partial charge is 0.371 e. The lowest BCUT2D eigenvalue weighted by Gasteiger charge is -2.27. The topological polar surface area (TPSA) is 35.6 Å². The number of hydrogen-bond acceptors (Lipinski definition) is 3. The molecule has 1 aromatic carbocycles. The third kappa shape index (κ3) is 3.53. The third-order valence-electron chi connectivity index (χ3n) is 5.19. The summed E-state index contributed by atoms with van der Waals surface area (Å²) in [7, 11) is 0. The van der Waals surface area contributed by atoms with E-state index in [1.54, 1.807) is 17.4 Å². The van der Waals surface area contributed by atoms with Crippen molar-refractivity contribution in [2.75, 3.05) is 31.1 Å². The molecule has 3 heterocycles. The molecule has 138 valence electrons. The number of carbonyl (C=O) groups excluding carboxylic acids is 1. The maximum atomic E-state index is 13.4. The Bertz CT molecular complexity index is 810. The second-order valence-corrected chi connectivity index (χ2v) is 7.93. The Morgan fingerprint density at radius 1 is 1.23 bits per heavy atom. The van der Waals surface area contributed by atoms with Gasteiger partial charge in [0.1, 0.15) is 0 Å². The van der Waals surface area contributed by atoms with Crippen LogP contribution >= 0.6 is 11.3 Å². The van der Waals surface area contributed by atoms with Crippen LogP contribution in [-0.4, -0.2) is 37.1 Å². The summed E-state index contributed by atoms with van der Waals surface area (Å²) < 4.78 is 26.5. The molecule has 26 heavy (non-hydrogen) atoms. The summed E-state index contributed by atoms with van der Waals surface area (Å²) in [5, 5.41) is 5.12. The molecule has 2 aliphatic rings. The van der Waals surface area contributed by atoms with Crippen LogP contribution in [0.4, 0.5) is 19.3 Å². The van der Waals surface area contributed by atoms with Crippen LogP contribution in [0.3, 0.4) is 0 Å². The van der Waals surface area contributed by atoms with Crippen LogP contribution in [0.2, 0.25) is 0 Å². The van der Waals surface area contributed by atoms with Gasteiger partial charge in [-0.15, -0.1) is 11.3 Å². The molecular weight excluding hydrogens is 356 g/mol. The molecule has 2 amide bonds. The van der Waals surface area contributed by atoms with Crippen molar-refractivity contribution in [3.8, 4) is 0 Å². The molecule has 4 rings (SSSR count). The van der Waals surface area contributed by atoms with Crippen LogP contribution in [0.1, 0.15) is 16.9 Å². The van der Waals surface area contributed by atoms with Crippen molar-refractivity contribution in [2.24, 2.45) is 5.92 Å². The van der Waals surface area contributed by atoms with Crippen LogP contribution in [0, 0.1) is 17.6 Å². The van der Waals surface area contributed by atoms with Gasteiger partial charge in [-0.1, -0.05) is 0 Å². The number of amides is 2. The summed E-state index contributed by atoms with van der Waals surface area (Å²) in [4.78, 5) is 17.7. The molecule has 0 spiro atoms. The molecule has 1 N–H and O–H groups in total. The Kier molecular flexibility index (Phi) is 4.80. The normalized spacial score (nSPS) is 19.5. The fourth-order valence-corrected chi connectivity index (χ4v) is 4.57. The Labute approximate surface area is 155 Å². The van der Waals surface area contributed by atoms with Crippen molar-refractivity contribution >= 4 is 23.1 Å². The quantitative estimate of drug-likeness (QED) is 0.887. The van der Waals surface area contributed by atoms with Gasteiger partial charge in [0.15, 0.2) is 11.6 Å². The highest BCUT2D eigenvalue weighted by atomic mass is 32.1. The number of urea groups is 1. The molecule has 1 aromatic heterocycles. The number of rotatable bonds is 3. The first kappa shape index (κ1) is 17.3. The number of benzene rings is 1. The van der Waals surface area contributed by atoms with Crippen molar-refractivity contribution < 1.29 is 13.6 Å². The molecular formula is C19H21F2N3OS. The number of hydrogen-bond donors (Lipinski definition) is 1. The molecule has 0 bridgehead atoms. The maximum absolute atomic E-state index is 13.4. The molecule has 1 saturated heterocycles. The molecule has 2 aromatic rings. The summed E-state index contributed by atoms with van der Waals surface area (Å²) >= 11 is 1.76. The lowest BCUT2D eigenvalue weighted by Crippen LogP contribution is -2.44. The van der Waals surface area contributed by atoms with Gasteiger partial charge in [-0.25, -0.2) is 13.6 Å². The summed E-state index contributed by atoms with van der Waals surface area (Å²) in [6.07, 6.45) is 1.85. The molecule has 2 aliphatic heterocycles. The Hall–Kier alpha value is -2.15. The van der Waals surface area contributed by atoms with E-state index < -0.39 is 11.6 Å². The van der Waals surface area contributed by atoms with Gasteiger partial charge >= 0.3 is 6.03 Å². The molecule has 0 saturated carbocycles. The van der Waals surface area contributed by atoms with Crippen LogP contribution in [0.5, 0.6) is 0 Å². The van der Waals surface area contributed by atoms with Gasteiger partial charge in [0.2, 0.25) is 0 Å². The van der Waals surface area contributed by atoms with E-state index in [0.29, 0.717) is 24.7 Å². The van der Waals surface area contributed by atoms with E-state index in [0.717, 1.165) is 38.5 Å². The zero-order chi connectivity index (χ0) is 18.1. The zero-order valence-corrected chi connectivity index (χ0v) is 15.2. The van der Waals surface area contributed by atoms with Crippen molar-refractivity contribution in [3.63, 3.8) is 0 Å². The van der Waals surface area contributed by atoms with Gasteiger partial charge in [-0.3, -0.25) is 0 Å². The summed E-state index contributed by atoms with van der Waals surface area (Å²) in [6.45, 7) is 3.56. The minimum absolute atomic E-state index is 0.0203. The minimum Gasteiger partial charge on any atom is -0.371 e. The molecule has 1 atom stereocenters. The zero-order valence-electron chi connectivity index (χ0n) is 14.4. The van der Waals surface area contributed by atoms with Crippen molar-refractivity contribution in [3.05, 3.63) is 51.7 Å². The van der Waals surface area contributed by atoms with E-state index in [1.807, 2.05) is 9.80 Å². The number of nitrogens with zero attached hydrogens (tertiary/aromatic N) is 2. The average molecular weight is 377 g/mol. The predicted octanol–water partition coefficient (Wildman–Crippen LogP) is 3.62. The monoisotopic (exact) mass is 377 g/mol. The Morgan fingerprint density at radius 3 is 2.96 bits per heavy atom. The first-order valence-corrected chi connectivity index (χ1v) is 9.76. The van der Waals surface area contributed by atoms with Crippen molar-refractivity contribution in [2.45, 2.75) is 19.4 Å². The number of fused-ring (bicyclic) bond motifs is 1. The molecule has 1 unspecified atom stereocenters. The fraction of sp³-hybridized carbons (Fsp3) is 0.421. The number of nitrogens with one attached hydrogen (secondary N) is 1. The second kappa shape index (κ2) is 7.23. The standard InChI is InChI=1S/C19H21F2N3OS/c20-16-2-1-15(9-17(16)21)23-6-3-13(11-23)10-22-19(25)24-7-4-18-14(12-24)5-8-26-18/h1-2,5,8-9,13H,3-4,6-7,10-12H2,(H,22,25). The van der Waals surface area contributed by atoms with E-state index in [2.05, 4.69) is 16.8 Å². The number of carbonyl (C=O) groups is 1. The lowest BCUT2D eigenvalue weighted by atomic mass is 10.1. The van der Waals surface area contributed by atoms with Gasteiger partial charge in [0.05, 0.1) is 0 Å². The highest BCUT2D eigenvalue weighted by Crippen LogP contribution is 2.26. The smallest absolute Gasteiger partial charge is 0.317 e. The summed E-state index contributed by atoms with van der Waals surface area (Å²) in [5.74, 6) is -1.34. The van der Waals surface area contributed by atoms with Gasteiger partial charge in [-0.2, -0.15) is 0 Å². The fourth-order valence-electron chi connectivity index (χ4n) is 3.68. The van der Waals surface area contributed by atoms with E-state index in [4.69, 9.17) is 0 Å². The molecule has 0 radical (unpaired) electrons. The van der Waals surface area contributed by atoms with E-state index >= 15 is 0 Å². The van der Waals surface area contributed by atoms with Gasteiger partial charge in [0, 0.05) is 49.4 Å². The Balaban J connectivity index is 1.28. The van der Waals surface area contributed by atoms with Crippen molar-refractivity contribution in [1.82, 2.24) is 10.2 Å². The highest BCUT2D eigenvalue weighted by molar-refractivity contribution is 7.10. The first-order valence-electron chi connectivity index (χ1n) is 8.88. The van der Waals surface area contributed by atoms with Crippen LogP contribution in [0.15, 0.2) is 29.6 Å². The minimum atomic E-state index is -0.827. The predicted molar refractivity (Wildman–Crippen MR) is 98.5 cm³/mol. The number of halogens is 2. The van der Waals surface area contributed by atoms with Crippen LogP contribution < -0.4 is 10.2 Å². The maximum Gasteiger partial charge on any atom is 0.317 e. The Morgan fingerprint density at radius 2 is 2.12 bits per heavy atom. The molecule has 1 fully saturated rings. The first-order chi connectivity index (χ1) is 12.6. The van der Waals surface area contributed by atoms with E-state index in [1.165, 1.54) is 16.5 Å². The van der Waals surface area contributed by atoms with Gasteiger partial charge in [-0.05, 0) is 47.9 Å². The van der Waals surface area contributed by atoms with E-state index in [9.17, 15) is 13.6 Å².